The van der Waals surface area contributed by atoms with Crippen LogP contribution in [-0.2, 0) is 55.5 Å². The summed E-state index contributed by atoms with van der Waals surface area (Å²) >= 11 is 0. The van der Waals surface area contributed by atoms with Gasteiger partial charge >= 0.3 is 0 Å². The Morgan fingerprint density at radius 1 is 0.440 bits per heavy atom. The van der Waals surface area contributed by atoms with Gasteiger partial charge in [0.25, 0.3) is 0 Å². The molecule has 6 aromatic heterocycles. The van der Waals surface area contributed by atoms with Crippen molar-refractivity contribution in [1.82, 2.24) is 44.3 Å². The predicted octanol–water partition coefficient (Wildman–Crippen LogP) is 6.63. The molecule has 3 atom stereocenters. The number of carbonyl (C=O) groups excluding carboxylic acids is 3. The highest BCUT2D eigenvalue weighted by molar-refractivity contribution is 5.99. The van der Waals surface area contributed by atoms with Crippen LogP contribution >= 0.6 is 0 Å². The van der Waals surface area contributed by atoms with Crippen molar-refractivity contribution in [2.75, 3.05) is 0 Å². The summed E-state index contributed by atoms with van der Waals surface area (Å²) in [6.45, 7) is 7.74. The Labute approximate surface area is 482 Å². The molecule has 0 bridgehead atoms. The first-order chi connectivity index (χ1) is 40.4. The van der Waals surface area contributed by atoms with Gasteiger partial charge in [-0.05, 0) is 109 Å². The maximum absolute atomic E-state index is 12.6. The predicted molar refractivity (Wildman–Crippen MR) is 311 cm³/mol. The number of nitrogens with two attached hydrogens (primary N) is 3. The lowest BCUT2D eigenvalue weighted by molar-refractivity contribution is 0.0980. The van der Waals surface area contributed by atoms with Crippen LogP contribution in [0.5, 0.6) is 0 Å². The highest BCUT2D eigenvalue weighted by atomic mass is 16.1. The van der Waals surface area contributed by atoms with Crippen molar-refractivity contribution in [3.63, 3.8) is 0 Å². The molecular formula is C63H54N18O3. The number of hydrogen-bond donors (Lipinski definition) is 3. The van der Waals surface area contributed by atoms with Crippen molar-refractivity contribution in [2.45, 2.75) is 76.3 Å². The van der Waals surface area contributed by atoms with E-state index >= 15 is 0 Å². The quantitative estimate of drug-likeness (QED) is 0.108. The molecule has 6 N–H and O–H groups in total. The molecular weight excluding hydrogens is 1060 g/mol. The third-order valence-electron chi connectivity index (χ3n) is 14.7. The van der Waals surface area contributed by atoms with E-state index in [0.717, 1.165) is 50.5 Å². The number of Topliss-reactive ketones (excluding diaryl/α,β-unsaturated/α-hetero) is 3. The van der Waals surface area contributed by atoms with Crippen molar-refractivity contribution in [2.24, 2.45) is 32.2 Å². The average Bonchev–Trinajstić information content (AvgIpc) is 3.48. The maximum atomic E-state index is 12.6. The van der Waals surface area contributed by atoms with Gasteiger partial charge in [-0.25, -0.2) is 0 Å². The van der Waals surface area contributed by atoms with Crippen molar-refractivity contribution in [3.05, 3.63) is 249 Å². The lowest BCUT2D eigenvalue weighted by Gasteiger charge is -2.31. The minimum atomic E-state index is -0.561. The summed E-state index contributed by atoms with van der Waals surface area (Å²) in [5.74, 6) is 1.05. The molecule has 0 spiro atoms. The fraction of sp³-hybridized carbons (Fsp3) is 0.190. The van der Waals surface area contributed by atoms with Crippen LogP contribution in [0.1, 0.15) is 119 Å². The molecule has 9 aromatic rings. The smallest absolute Gasteiger partial charge is 0.185 e. The first kappa shape index (κ1) is 55.9. The van der Waals surface area contributed by atoms with Crippen LogP contribution < -0.4 is 17.2 Å². The number of aliphatic imine (C=N–C) groups is 3. The zero-order valence-electron chi connectivity index (χ0n) is 46.0. The minimum Gasteiger partial charge on any atom is -0.382 e. The molecule has 414 valence electrons. The number of pyridine rings is 3. The molecule has 3 aromatic carbocycles. The van der Waals surface area contributed by atoms with E-state index in [9.17, 15) is 14.4 Å². The van der Waals surface area contributed by atoms with Gasteiger partial charge in [-0.2, -0.15) is 31.1 Å². The monoisotopic (exact) mass is 1110 g/mol. The summed E-state index contributed by atoms with van der Waals surface area (Å²) in [6.07, 6.45) is 10.0. The third-order valence-corrected chi connectivity index (χ3v) is 14.7. The van der Waals surface area contributed by atoms with E-state index in [2.05, 4.69) is 30.2 Å². The lowest BCUT2D eigenvalue weighted by Crippen LogP contribution is -2.37. The highest BCUT2D eigenvalue weighted by Crippen LogP contribution is 2.35. The number of ketones is 3. The SMILES string of the molecule is CC1(c2cccc(CC(=O)c3ccc(C#N)cn3)c2)Cn2nccc2C(N)=N1.CC1(c2cccc(CC(=O)c3ccc(C#N)cn3)c2)Cn2nccc2C(N)=N1.CC1(c2cccc(CC(=O)c3ccc(C#N)cn3)c2)Cn2nccc2C(N)=N1. The van der Waals surface area contributed by atoms with E-state index in [-0.39, 0.29) is 36.6 Å². The molecule has 3 aliphatic heterocycles. The molecule has 9 heterocycles. The number of amidine groups is 3. The van der Waals surface area contributed by atoms with E-state index in [4.69, 9.17) is 48.0 Å². The number of carbonyl (C=O) groups is 3. The second-order valence-corrected chi connectivity index (χ2v) is 21.0. The van der Waals surface area contributed by atoms with E-state index in [0.29, 0.717) is 70.9 Å². The number of rotatable bonds is 12. The number of hydrogen-bond acceptors (Lipinski definition) is 18. The van der Waals surface area contributed by atoms with Gasteiger partial charge in [0.05, 0.1) is 36.3 Å². The normalized spacial score (nSPS) is 18.1. The Balaban J connectivity index is 0.000000140. The lowest BCUT2D eigenvalue weighted by atomic mass is 9.89. The molecule has 0 saturated carbocycles. The second-order valence-electron chi connectivity index (χ2n) is 21.0. The molecule has 3 unspecified atom stereocenters. The van der Waals surface area contributed by atoms with E-state index in [1.54, 1.807) is 55.0 Å². The Morgan fingerprint density at radius 2 is 0.726 bits per heavy atom. The summed E-state index contributed by atoms with van der Waals surface area (Å²) in [4.78, 5) is 64.0. The van der Waals surface area contributed by atoms with Crippen LogP contribution in [-0.4, -0.2) is 79.1 Å². The topological polar surface area (TPSA) is 330 Å². The Hall–Kier alpha value is -11.4. The second kappa shape index (κ2) is 23.4. The summed E-state index contributed by atoms with van der Waals surface area (Å²) in [7, 11) is 0. The van der Waals surface area contributed by atoms with Gasteiger partial charge in [-0.3, -0.25) is 58.4 Å². The van der Waals surface area contributed by atoms with Gasteiger partial charge in [-0.1, -0.05) is 72.8 Å². The largest absolute Gasteiger partial charge is 0.382 e. The zero-order valence-corrected chi connectivity index (χ0v) is 46.0. The zero-order chi connectivity index (χ0) is 59.2. The van der Waals surface area contributed by atoms with Crippen molar-refractivity contribution < 1.29 is 14.4 Å². The van der Waals surface area contributed by atoms with Gasteiger partial charge in [0.1, 0.15) is 86.5 Å². The van der Waals surface area contributed by atoms with E-state index in [1.807, 2.05) is 144 Å². The Morgan fingerprint density at radius 3 is 0.976 bits per heavy atom. The van der Waals surface area contributed by atoms with Crippen LogP contribution in [0.25, 0.3) is 0 Å². The summed E-state index contributed by atoms with van der Waals surface area (Å²) in [5, 5.41) is 39.5. The van der Waals surface area contributed by atoms with Gasteiger partial charge in [0, 0.05) is 56.4 Å². The molecule has 84 heavy (non-hydrogen) atoms. The minimum absolute atomic E-state index is 0.104. The van der Waals surface area contributed by atoms with Gasteiger partial charge in [-0.15, -0.1) is 0 Å². The third kappa shape index (κ3) is 12.0. The van der Waals surface area contributed by atoms with Crippen LogP contribution in [0.3, 0.4) is 0 Å². The van der Waals surface area contributed by atoms with E-state index < -0.39 is 16.6 Å². The fourth-order valence-corrected chi connectivity index (χ4v) is 10.2. The first-order valence-corrected chi connectivity index (χ1v) is 26.5. The van der Waals surface area contributed by atoms with Crippen molar-refractivity contribution >= 4 is 34.9 Å². The Bertz CT molecular complexity index is 3800. The van der Waals surface area contributed by atoms with Gasteiger partial charge in [0.15, 0.2) is 17.3 Å². The van der Waals surface area contributed by atoms with Crippen LogP contribution in [0.2, 0.25) is 0 Å². The van der Waals surface area contributed by atoms with Gasteiger partial charge in [0.2, 0.25) is 0 Å². The Kier molecular flexibility index (Phi) is 15.6. The van der Waals surface area contributed by atoms with Crippen molar-refractivity contribution in [3.8, 4) is 18.2 Å². The molecule has 0 saturated heterocycles. The van der Waals surface area contributed by atoms with Crippen LogP contribution in [0, 0.1) is 34.0 Å². The van der Waals surface area contributed by atoms with Crippen LogP contribution in [0.15, 0.2) is 180 Å². The molecule has 21 heteroatoms. The van der Waals surface area contributed by atoms with Gasteiger partial charge < -0.3 is 17.2 Å². The number of fused-ring (bicyclic) bond motifs is 3. The summed E-state index contributed by atoms with van der Waals surface area (Å²) in [5.41, 5.74) is 27.0. The molecule has 3 aliphatic rings. The number of aromatic nitrogens is 9. The molecule has 0 amide bonds. The molecule has 12 rings (SSSR count). The molecule has 0 aliphatic carbocycles. The summed E-state index contributed by atoms with van der Waals surface area (Å²) < 4.78 is 5.54. The first-order valence-electron chi connectivity index (χ1n) is 26.5. The number of benzene rings is 3. The number of nitrogens with zero attached hydrogens (tertiary/aromatic N) is 15. The molecule has 0 fully saturated rings. The molecule has 21 nitrogen and oxygen atoms in total. The number of nitriles is 3. The average molecular weight is 1110 g/mol. The summed E-state index contributed by atoms with van der Waals surface area (Å²) in [6, 6.07) is 44.4. The maximum Gasteiger partial charge on any atom is 0.185 e. The van der Waals surface area contributed by atoms with E-state index in [1.165, 1.54) is 18.6 Å². The molecule has 0 radical (unpaired) electrons. The van der Waals surface area contributed by atoms with Crippen molar-refractivity contribution in [1.29, 1.82) is 15.8 Å². The standard InChI is InChI=1S/3C21H18N6O/c3*1-21(13-27-18(7-8-25-27)20(23)26-21)16-4-2-3-14(9-16)10-19(28)17-6-5-15(11-22)12-24-17/h3*2-9,12H,10,13H2,1H3,(H2,23,26). The fourth-order valence-electron chi connectivity index (χ4n) is 10.2. The highest BCUT2D eigenvalue weighted by Gasteiger charge is 2.35. The van der Waals surface area contributed by atoms with Crippen LogP contribution in [0.4, 0.5) is 0 Å².